The molecule has 0 fully saturated rings. The van der Waals surface area contributed by atoms with E-state index >= 15 is 0 Å². The molecule has 1 aromatic carbocycles. The first-order valence-electron chi connectivity index (χ1n) is 5.40. The number of hydrogen-bond acceptors (Lipinski definition) is 4. The highest BCUT2D eigenvalue weighted by Gasteiger charge is 2.13. The standard InChI is InChI=1S/C12H15F2NO2S/c1-17-12(16)11(15)5-6-18-7-8-9(13)3-2-4-10(8)14/h2-4,11H,5-7,15H2,1H3. The summed E-state index contributed by atoms with van der Waals surface area (Å²) in [6.07, 6.45) is 0.410. The number of esters is 1. The molecule has 0 aliphatic heterocycles. The van der Waals surface area contributed by atoms with Crippen LogP contribution in [0, 0.1) is 11.6 Å². The molecule has 0 saturated carbocycles. The zero-order valence-corrected chi connectivity index (χ0v) is 10.8. The van der Waals surface area contributed by atoms with Gasteiger partial charge in [0.05, 0.1) is 7.11 Å². The second-order valence-electron chi connectivity index (χ2n) is 3.67. The number of nitrogens with two attached hydrogens (primary N) is 1. The summed E-state index contributed by atoms with van der Waals surface area (Å²) in [6, 6.07) is 3.08. The van der Waals surface area contributed by atoms with Crippen molar-refractivity contribution < 1.29 is 18.3 Å². The van der Waals surface area contributed by atoms with Crippen LogP contribution in [-0.2, 0) is 15.3 Å². The Kier molecular flexibility index (Phi) is 6.07. The third-order valence-corrected chi connectivity index (χ3v) is 3.40. The molecular formula is C12H15F2NO2S. The maximum absolute atomic E-state index is 13.3. The van der Waals surface area contributed by atoms with Crippen LogP contribution >= 0.6 is 11.8 Å². The van der Waals surface area contributed by atoms with Crippen LogP contribution in [0.2, 0.25) is 0 Å². The van der Waals surface area contributed by atoms with Crippen LogP contribution in [-0.4, -0.2) is 24.9 Å². The summed E-state index contributed by atoms with van der Waals surface area (Å²) in [5.74, 6) is -0.844. The molecule has 0 amide bonds. The van der Waals surface area contributed by atoms with Gasteiger partial charge in [-0.25, -0.2) is 8.78 Å². The van der Waals surface area contributed by atoms with Gasteiger partial charge in [0, 0.05) is 11.3 Å². The summed E-state index contributed by atoms with van der Waals surface area (Å²) in [6.45, 7) is 0. The lowest BCUT2D eigenvalue weighted by Gasteiger charge is -2.09. The number of rotatable bonds is 6. The molecule has 100 valence electrons. The highest BCUT2D eigenvalue weighted by Crippen LogP contribution is 2.19. The molecule has 1 atom stereocenters. The molecule has 2 N–H and O–H groups in total. The Morgan fingerprint density at radius 3 is 2.61 bits per heavy atom. The first-order valence-corrected chi connectivity index (χ1v) is 6.55. The fourth-order valence-corrected chi connectivity index (χ4v) is 2.37. The third-order valence-electron chi connectivity index (χ3n) is 2.39. The Balaban J connectivity index is 2.36. The Hall–Kier alpha value is -1.14. The fraction of sp³-hybridized carbons (Fsp3) is 0.417. The Labute approximate surface area is 109 Å². The fourth-order valence-electron chi connectivity index (χ4n) is 1.32. The lowest BCUT2D eigenvalue weighted by Crippen LogP contribution is -2.31. The minimum absolute atomic E-state index is 0.0501. The Morgan fingerprint density at radius 2 is 2.06 bits per heavy atom. The monoisotopic (exact) mass is 275 g/mol. The summed E-state index contributed by atoms with van der Waals surface area (Å²) in [5, 5.41) is 0. The quantitative estimate of drug-likeness (QED) is 0.638. The number of carbonyl (C=O) groups is 1. The van der Waals surface area contributed by atoms with Crippen LogP contribution in [0.1, 0.15) is 12.0 Å². The van der Waals surface area contributed by atoms with Crippen LogP contribution in [0.3, 0.4) is 0 Å². The van der Waals surface area contributed by atoms with E-state index in [-0.39, 0.29) is 11.3 Å². The Morgan fingerprint density at radius 1 is 1.44 bits per heavy atom. The lowest BCUT2D eigenvalue weighted by atomic mass is 10.2. The zero-order chi connectivity index (χ0) is 13.5. The molecule has 0 aromatic heterocycles. The van der Waals surface area contributed by atoms with Gasteiger partial charge in [0.25, 0.3) is 0 Å². The molecule has 18 heavy (non-hydrogen) atoms. The van der Waals surface area contributed by atoms with Crippen LogP contribution in [0.15, 0.2) is 18.2 Å². The highest BCUT2D eigenvalue weighted by molar-refractivity contribution is 7.98. The van der Waals surface area contributed by atoms with E-state index in [0.29, 0.717) is 12.2 Å². The topological polar surface area (TPSA) is 52.3 Å². The van der Waals surface area contributed by atoms with Crippen molar-refractivity contribution in [2.24, 2.45) is 5.73 Å². The van der Waals surface area contributed by atoms with Crippen molar-refractivity contribution in [3.8, 4) is 0 Å². The van der Waals surface area contributed by atoms with Gasteiger partial charge in [-0.05, 0) is 24.3 Å². The van der Waals surface area contributed by atoms with E-state index in [9.17, 15) is 13.6 Å². The number of carbonyl (C=O) groups excluding carboxylic acids is 1. The van der Waals surface area contributed by atoms with Crippen molar-refractivity contribution >= 4 is 17.7 Å². The first kappa shape index (κ1) is 14.9. The number of methoxy groups -OCH3 is 1. The van der Waals surface area contributed by atoms with Gasteiger partial charge in [-0.2, -0.15) is 11.8 Å². The maximum Gasteiger partial charge on any atom is 0.322 e. The summed E-state index contributed by atoms with van der Waals surface area (Å²) in [4.78, 5) is 11.0. The molecular weight excluding hydrogens is 260 g/mol. The van der Waals surface area contributed by atoms with Gasteiger partial charge in [0.15, 0.2) is 0 Å². The molecule has 6 heteroatoms. The number of thioether (sulfide) groups is 1. The minimum Gasteiger partial charge on any atom is -0.468 e. The molecule has 0 spiro atoms. The van der Waals surface area contributed by atoms with Crippen LogP contribution in [0.25, 0.3) is 0 Å². The van der Waals surface area contributed by atoms with E-state index in [1.807, 2.05) is 0 Å². The van der Waals surface area contributed by atoms with E-state index in [0.717, 1.165) is 0 Å². The molecule has 0 saturated heterocycles. The molecule has 3 nitrogen and oxygen atoms in total. The summed E-state index contributed by atoms with van der Waals surface area (Å²) in [7, 11) is 1.27. The molecule has 0 aliphatic rings. The number of halogens is 2. The highest BCUT2D eigenvalue weighted by atomic mass is 32.2. The van der Waals surface area contributed by atoms with Crippen LogP contribution in [0.4, 0.5) is 8.78 Å². The van der Waals surface area contributed by atoms with Gasteiger partial charge in [-0.15, -0.1) is 0 Å². The number of hydrogen-bond donors (Lipinski definition) is 1. The summed E-state index contributed by atoms with van der Waals surface area (Å²) < 4.78 is 31.0. The van der Waals surface area contributed by atoms with Crippen molar-refractivity contribution in [3.63, 3.8) is 0 Å². The second-order valence-corrected chi connectivity index (χ2v) is 4.78. The largest absolute Gasteiger partial charge is 0.468 e. The van der Waals surface area contributed by atoms with Crippen LogP contribution < -0.4 is 5.73 Å². The van der Waals surface area contributed by atoms with Crippen molar-refractivity contribution in [1.29, 1.82) is 0 Å². The predicted molar refractivity (Wildman–Crippen MR) is 67.1 cm³/mol. The normalized spacial score (nSPS) is 12.2. The SMILES string of the molecule is COC(=O)C(N)CCSCc1c(F)cccc1F. The first-order chi connectivity index (χ1) is 8.56. The average Bonchev–Trinajstić information content (AvgIpc) is 2.36. The predicted octanol–water partition coefficient (Wildman–Crippen LogP) is 2.09. The summed E-state index contributed by atoms with van der Waals surface area (Å²) in [5.41, 5.74) is 5.58. The number of ether oxygens (including phenoxy) is 1. The van der Waals surface area contributed by atoms with Crippen molar-refractivity contribution in [3.05, 3.63) is 35.4 Å². The lowest BCUT2D eigenvalue weighted by molar-refractivity contribution is -0.142. The molecule has 0 bridgehead atoms. The maximum atomic E-state index is 13.3. The van der Waals surface area contributed by atoms with E-state index in [4.69, 9.17) is 5.73 Å². The van der Waals surface area contributed by atoms with E-state index < -0.39 is 23.6 Å². The molecule has 1 rings (SSSR count). The summed E-state index contributed by atoms with van der Waals surface area (Å²) >= 11 is 1.32. The second kappa shape index (κ2) is 7.33. The van der Waals surface area contributed by atoms with E-state index in [1.165, 1.54) is 37.1 Å². The van der Waals surface area contributed by atoms with Crippen molar-refractivity contribution in [2.45, 2.75) is 18.2 Å². The van der Waals surface area contributed by atoms with E-state index in [2.05, 4.69) is 4.74 Å². The van der Waals surface area contributed by atoms with Gasteiger partial charge >= 0.3 is 5.97 Å². The molecule has 0 heterocycles. The minimum atomic E-state index is -0.687. The van der Waals surface area contributed by atoms with Gasteiger partial charge in [-0.1, -0.05) is 6.07 Å². The number of benzene rings is 1. The molecule has 0 aliphatic carbocycles. The third kappa shape index (κ3) is 4.27. The molecule has 1 aromatic rings. The van der Waals surface area contributed by atoms with Gasteiger partial charge < -0.3 is 10.5 Å². The van der Waals surface area contributed by atoms with Gasteiger partial charge in [-0.3, -0.25) is 4.79 Å². The molecule has 0 radical (unpaired) electrons. The zero-order valence-electron chi connectivity index (χ0n) is 9.99. The van der Waals surface area contributed by atoms with Crippen molar-refractivity contribution in [2.75, 3.05) is 12.9 Å². The van der Waals surface area contributed by atoms with E-state index in [1.54, 1.807) is 0 Å². The molecule has 1 unspecified atom stereocenters. The Bertz CT molecular complexity index is 395. The average molecular weight is 275 g/mol. The van der Waals surface area contributed by atoms with Crippen molar-refractivity contribution in [1.82, 2.24) is 0 Å². The van der Waals surface area contributed by atoms with Gasteiger partial charge in [0.2, 0.25) is 0 Å². The smallest absolute Gasteiger partial charge is 0.322 e. The van der Waals surface area contributed by atoms with Crippen LogP contribution in [0.5, 0.6) is 0 Å². The van der Waals surface area contributed by atoms with Gasteiger partial charge in [0.1, 0.15) is 17.7 Å².